The number of imidazole rings is 1. The van der Waals surface area contributed by atoms with E-state index in [1.54, 1.807) is 13.3 Å². The van der Waals surface area contributed by atoms with E-state index in [1.165, 1.54) is 11.1 Å². The third-order valence-electron chi connectivity index (χ3n) is 6.78. The quantitative estimate of drug-likeness (QED) is 0.231. The Bertz CT molecular complexity index is 1490. The van der Waals surface area contributed by atoms with Crippen molar-refractivity contribution in [2.45, 2.75) is 43.6 Å². The van der Waals surface area contributed by atoms with E-state index < -0.39 is 10.8 Å². The Morgan fingerprint density at radius 2 is 1.46 bits per heavy atom. The summed E-state index contributed by atoms with van der Waals surface area (Å²) in [6, 6.07) is 29.1. The van der Waals surface area contributed by atoms with Crippen molar-refractivity contribution in [1.29, 1.82) is 0 Å². The molecular formula is C31H31N3O2S. The lowest BCUT2D eigenvalue weighted by Crippen LogP contribution is -2.19. The van der Waals surface area contributed by atoms with Crippen LogP contribution < -0.4 is 4.74 Å². The Hall–Kier alpha value is -3.77. The molecule has 0 radical (unpaired) electrons. The van der Waals surface area contributed by atoms with Gasteiger partial charge in [0.2, 0.25) is 5.16 Å². The highest BCUT2D eigenvalue weighted by Crippen LogP contribution is 2.31. The lowest BCUT2D eigenvalue weighted by atomic mass is 9.98. The number of nitrogens with zero attached hydrogens (tertiary/aromatic N) is 3. The van der Waals surface area contributed by atoms with Crippen molar-refractivity contribution in [2.24, 2.45) is 0 Å². The number of pyridine rings is 1. The summed E-state index contributed by atoms with van der Waals surface area (Å²) in [5, 5.41) is 0.582. The van der Waals surface area contributed by atoms with Crippen molar-refractivity contribution >= 4 is 21.8 Å². The molecule has 0 aliphatic carbocycles. The van der Waals surface area contributed by atoms with Gasteiger partial charge in [0.25, 0.3) is 0 Å². The van der Waals surface area contributed by atoms with Crippen LogP contribution in [0.3, 0.4) is 0 Å². The number of para-hydroxylation sites is 2. The summed E-state index contributed by atoms with van der Waals surface area (Å²) >= 11 is 0. The molecule has 5 rings (SSSR count). The number of benzene rings is 3. The summed E-state index contributed by atoms with van der Waals surface area (Å²) in [7, 11) is 0.251. The molecule has 37 heavy (non-hydrogen) atoms. The number of methoxy groups -OCH3 is 1. The molecule has 2 aromatic heterocycles. The maximum absolute atomic E-state index is 14.0. The maximum Gasteiger partial charge on any atom is 0.200 e. The monoisotopic (exact) mass is 509 g/mol. The van der Waals surface area contributed by atoms with Crippen molar-refractivity contribution in [1.82, 2.24) is 14.5 Å². The first-order valence-corrected chi connectivity index (χ1v) is 13.8. The molecule has 0 saturated heterocycles. The number of hydrogen-bond acceptors (Lipinski definition) is 4. The fourth-order valence-electron chi connectivity index (χ4n) is 4.97. The standard InChI is InChI=1S/C31H31N3O2S/c1-22-20-32-28(23(2)30(22)36-3)21-37(35)31-33-27-16-10-11-17-29(27)34(31)26(18-24-12-6-4-7-13-24)19-25-14-8-5-9-15-25/h4-17,20,26H,18-19,21H2,1-3H3. The van der Waals surface area contributed by atoms with Gasteiger partial charge in [-0.3, -0.25) is 9.19 Å². The second-order valence-corrected chi connectivity index (χ2v) is 10.7. The summed E-state index contributed by atoms with van der Waals surface area (Å²) in [4.78, 5) is 9.51. The Labute approximate surface area is 220 Å². The predicted octanol–water partition coefficient (Wildman–Crippen LogP) is 6.39. The van der Waals surface area contributed by atoms with Crippen molar-refractivity contribution in [2.75, 3.05) is 7.11 Å². The number of rotatable bonds is 9. The molecule has 0 spiro atoms. The van der Waals surface area contributed by atoms with E-state index in [0.29, 0.717) is 5.16 Å². The number of aryl methyl sites for hydroxylation is 1. The Morgan fingerprint density at radius 1 is 0.865 bits per heavy atom. The van der Waals surface area contributed by atoms with Crippen molar-refractivity contribution in [3.63, 3.8) is 0 Å². The van der Waals surface area contributed by atoms with E-state index in [-0.39, 0.29) is 11.8 Å². The van der Waals surface area contributed by atoms with E-state index in [2.05, 4.69) is 64.1 Å². The molecule has 1 unspecified atom stereocenters. The minimum absolute atomic E-state index is 0.0396. The van der Waals surface area contributed by atoms with Gasteiger partial charge in [0.05, 0.1) is 40.4 Å². The van der Waals surface area contributed by atoms with Crippen molar-refractivity contribution in [3.05, 3.63) is 119 Å². The third-order valence-corrected chi connectivity index (χ3v) is 8.01. The minimum atomic E-state index is -1.41. The van der Waals surface area contributed by atoms with Crippen LogP contribution in [0.5, 0.6) is 5.75 Å². The second-order valence-electron chi connectivity index (χ2n) is 9.32. The number of fused-ring (bicyclic) bond motifs is 1. The van der Waals surface area contributed by atoms with Crippen LogP contribution in [0.4, 0.5) is 0 Å². The summed E-state index contributed by atoms with van der Waals surface area (Å²) in [6.07, 6.45) is 3.39. The first kappa shape index (κ1) is 24.9. The molecule has 0 bridgehead atoms. The molecule has 6 heteroatoms. The van der Waals surface area contributed by atoms with Gasteiger partial charge in [-0.25, -0.2) is 4.98 Å². The van der Waals surface area contributed by atoms with Gasteiger partial charge >= 0.3 is 0 Å². The van der Waals surface area contributed by atoms with Gasteiger partial charge in [-0.15, -0.1) is 0 Å². The lowest BCUT2D eigenvalue weighted by molar-refractivity contribution is 0.407. The highest BCUT2D eigenvalue weighted by atomic mass is 32.2. The molecule has 0 saturated carbocycles. The highest BCUT2D eigenvalue weighted by Gasteiger charge is 2.25. The molecule has 3 aromatic carbocycles. The zero-order chi connectivity index (χ0) is 25.8. The van der Waals surface area contributed by atoms with Crippen LogP contribution in [0, 0.1) is 13.8 Å². The number of hydrogen-bond donors (Lipinski definition) is 0. The van der Waals surface area contributed by atoms with Gasteiger partial charge < -0.3 is 9.30 Å². The molecule has 5 nitrogen and oxygen atoms in total. The maximum atomic E-state index is 14.0. The molecule has 1 atom stereocenters. The lowest BCUT2D eigenvalue weighted by Gasteiger charge is -2.22. The average molecular weight is 510 g/mol. The van der Waals surface area contributed by atoms with E-state index in [4.69, 9.17) is 9.72 Å². The first-order valence-electron chi connectivity index (χ1n) is 12.5. The minimum Gasteiger partial charge on any atom is -0.496 e. The largest absolute Gasteiger partial charge is 0.496 e. The molecule has 0 N–H and O–H groups in total. The second kappa shape index (κ2) is 11.1. The van der Waals surface area contributed by atoms with Crippen LogP contribution in [-0.4, -0.2) is 25.9 Å². The SMILES string of the molecule is COc1c(C)cnc(CS(=O)c2nc3ccccc3n2C(Cc2ccccc2)Cc2ccccc2)c1C. The molecule has 5 aromatic rings. The zero-order valence-corrected chi connectivity index (χ0v) is 22.2. The number of aromatic nitrogens is 3. The smallest absolute Gasteiger partial charge is 0.200 e. The topological polar surface area (TPSA) is 57.0 Å². The Balaban J connectivity index is 1.59. The van der Waals surface area contributed by atoms with E-state index >= 15 is 0 Å². The van der Waals surface area contributed by atoms with Gasteiger partial charge in [-0.05, 0) is 49.9 Å². The summed E-state index contributed by atoms with van der Waals surface area (Å²) in [5.41, 5.74) is 6.97. The van der Waals surface area contributed by atoms with Crippen LogP contribution in [0.25, 0.3) is 11.0 Å². The zero-order valence-electron chi connectivity index (χ0n) is 21.4. The van der Waals surface area contributed by atoms with E-state index in [9.17, 15) is 4.21 Å². The van der Waals surface area contributed by atoms with Crippen LogP contribution in [0.1, 0.15) is 34.0 Å². The highest BCUT2D eigenvalue weighted by molar-refractivity contribution is 7.84. The summed E-state index contributed by atoms with van der Waals surface area (Å²) < 4.78 is 21.8. The summed E-state index contributed by atoms with van der Waals surface area (Å²) in [6.45, 7) is 3.94. The summed E-state index contributed by atoms with van der Waals surface area (Å²) in [5.74, 6) is 1.07. The molecule has 2 heterocycles. The van der Waals surface area contributed by atoms with Gasteiger partial charge in [0.1, 0.15) is 5.75 Å². The molecular weight excluding hydrogens is 478 g/mol. The Morgan fingerprint density at radius 3 is 2.08 bits per heavy atom. The molecule has 0 amide bonds. The van der Waals surface area contributed by atoms with Crippen LogP contribution in [-0.2, 0) is 29.4 Å². The average Bonchev–Trinajstić information content (AvgIpc) is 3.31. The third kappa shape index (κ3) is 5.35. The normalized spacial score (nSPS) is 12.2. The first-order chi connectivity index (χ1) is 18.0. The van der Waals surface area contributed by atoms with Gasteiger partial charge in [-0.1, -0.05) is 72.8 Å². The fraction of sp³-hybridized carbons (Fsp3) is 0.226. The molecule has 0 aliphatic heterocycles. The van der Waals surface area contributed by atoms with Gasteiger partial charge in [0, 0.05) is 23.4 Å². The van der Waals surface area contributed by atoms with Gasteiger partial charge in [0.15, 0.2) is 0 Å². The van der Waals surface area contributed by atoms with Crippen LogP contribution in [0.15, 0.2) is 96.3 Å². The van der Waals surface area contributed by atoms with Crippen LogP contribution in [0.2, 0.25) is 0 Å². The van der Waals surface area contributed by atoms with Crippen molar-refractivity contribution in [3.8, 4) is 5.75 Å². The molecule has 0 fully saturated rings. The fourth-order valence-corrected chi connectivity index (χ4v) is 6.30. The van der Waals surface area contributed by atoms with Gasteiger partial charge in [-0.2, -0.15) is 0 Å². The van der Waals surface area contributed by atoms with E-state index in [1.807, 2.05) is 44.2 Å². The predicted molar refractivity (Wildman–Crippen MR) is 149 cm³/mol. The van der Waals surface area contributed by atoms with Crippen molar-refractivity contribution < 1.29 is 8.95 Å². The number of ether oxygens (including phenoxy) is 1. The molecule has 188 valence electrons. The van der Waals surface area contributed by atoms with E-state index in [0.717, 1.165) is 46.4 Å². The molecule has 0 aliphatic rings. The Kier molecular flexibility index (Phi) is 7.47. The van der Waals surface area contributed by atoms with Crippen LogP contribution >= 0.6 is 0 Å².